The van der Waals surface area contributed by atoms with Crippen molar-refractivity contribution in [2.24, 2.45) is 0 Å². The van der Waals surface area contributed by atoms with Crippen molar-refractivity contribution in [2.75, 3.05) is 19.1 Å². The average molecular weight is 291 g/mol. The van der Waals surface area contributed by atoms with E-state index in [4.69, 9.17) is 0 Å². The van der Waals surface area contributed by atoms with E-state index in [1.807, 2.05) is 11.9 Å². The third-order valence-electron chi connectivity index (χ3n) is 3.14. The number of carbonyl (C=O) groups excluding carboxylic acids is 1. The van der Waals surface area contributed by atoms with Gasteiger partial charge in [0, 0.05) is 24.4 Å². The Balaban J connectivity index is 2.04. The van der Waals surface area contributed by atoms with E-state index in [1.165, 1.54) is 12.0 Å². The minimum Gasteiger partial charge on any atom is -0.464 e. The van der Waals surface area contributed by atoms with Crippen LogP contribution in [0.3, 0.4) is 0 Å². The number of rotatable bonds is 5. The van der Waals surface area contributed by atoms with Crippen LogP contribution in [0.1, 0.15) is 22.3 Å². The molecule has 2 aromatic rings. The maximum absolute atomic E-state index is 11.3. The number of aromatic nitrogens is 2. The van der Waals surface area contributed by atoms with E-state index < -0.39 is 5.97 Å². The van der Waals surface area contributed by atoms with Crippen molar-refractivity contribution in [3.8, 4) is 0 Å². The van der Waals surface area contributed by atoms with Crippen molar-refractivity contribution in [1.82, 2.24) is 10.2 Å². The molecule has 2 aromatic heterocycles. The average Bonchev–Trinajstić information content (AvgIpc) is 2.98. The van der Waals surface area contributed by atoms with Gasteiger partial charge in [0.1, 0.15) is 0 Å². The number of thiophene rings is 1. The molecule has 20 heavy (non-hydrogen) atoms. The Morgan fingerprint density at radius 3 is 2.75 bits per heavy atom. The van der Waals surface area contributed by atoms with Crippen molar-refractivity contribution in [3.63, 3.8) is 0 Å². The summed E-state index contributed by atoms with van der Waals surface area (Å²) in [7, 11) is 3.30. The van der Waals surface area contributed by atoms with Gasteiger partial charge in [-0.05, 0) is 30.5 Å². The van der Waals surface area contributed by atoms with Crippen LogP contribution in [0.5, 0.6) is 0 Å². The van der Waals surface area contributed by atoms with Crippen LogP contribution in [0.15, 0.2) is 29.6 Å². The van der Waals surface area contributed by atoms with Crippen LogP contribution in [0, 0.1) is 0 Å². The van der Waals surface area contributed by atoms with Crippen molar-refractivity contribution >= 4 is 23.1 Å². The highest BCUT2D eigenvalue weighted by molar-refractivity contribution is 7.09. The Kier molecular flexibility index (Phi) is 4.68. The lowest BCUT2D eigenvalue weighted by molar-refractivity contribution is 0.0592. The number of likely N-dealkylation sites (N-methyl/N-ethyl adjacent to an activating group) is 1. The van der Waals surface area contributed by atoms with Crippen LogP contribution >= 0.6 is 11.3 Å². The zero-order valence-electron chi connectivity index (χ0n) is 11.7. The summed E-state index contributed by atoms with van der Waals surface area (Å²) in [5, 5.41) is 10.0. The van der Waals surface area contributed by atoms with Gasteiger partial charge in [-0.15, -0.1) is 21.5 Å². The maximum atomic E-state index is 11.3. The number of anilines is 1. The van der Waals surface area contributed by atoms with Crippen LogP contribution in [-0.4, -0.2) is 36.4 Å². The Morgan fingerprint density at radius 1 is 1.40 bits per heavy atom. The van der Waals surface area contributed by atoms with Gasteiger partial charge in [-0.1, -0.05) is 6.07 Å². The highest BCUT2D eigenvalue weighted by Crippen LogP contribution is 2.17. The SMILES string of the molecule is COC(=O)c1ccc(N(C)C(C)Cc2cccs2)nn1. The summed E-state index contributed by atoms with van der Waals surface area (Å²) in [5.74, 6) is 0.264. The number of carbonyl (C=O) groups is 1. The highest BCUT2D eigenvalue weighted by atomic mass is 32.1. The zero-order valence-corrected chi connectivity index (χ0v) is 12.6. The van der Waals surface area contributed by atoms with E-state index in [-0.39, 0.29) is 5.69 Å². The lowest BCUT2D eigenvalue weighted by Gasteiger charge is -2.25. The van der Waals surface area contributed by atoms with E-state index in [9.17, 15) is 4.79 Å². The first kappa shape index (κ1) is 14.5. The van der Waals surface area contributed by atoms with Gasteiger partial charge >= 0.3 is 5.97 Å². The van der Waals surface area contributed by atoms with E-state index in [1.54, 1.807) is 23.5 Å². The monoisotopic (exact) mass is 291 g/mol. The van der Waals surface area contributed by atoms with Crippen LogP contribution < -0.4 is 4.90 Å². The largest absolute Gasteiger partial charge is 0.464 e. The molecule has 0 saturated carbocycles. The molecule has 106 valence electrons. The van der Waals surface area contributed by atoms with Crippen molar-refractivity contribution < 1.29 is 9.53 Å². The molecule has 0 N–H and O–H groups in total. The molecule has 6 heteroatoms. The number of hydrogen-bond donors (Lipinski definition) is 0. The summed E-state index contributed by atoms with van der Waals surface area (Å²) in [6.07, 6.45) is 0.953. The molecule has 0 spiro atoms. The summed E-state index contributed by atoms with van der Waals surface area (Å²) >= 11 is 1.75. The third-order valence-corrected chi connectivity index (χ3v) is 4.04. The summed E-state index contributed by atoms with van der Waals surface area (Å²) in [5.41, 5.74) is 0.218. The van der Waals surface area contributed by atoms with Crippen molar-refractivity contribution in [2.45, 2.75) is 19.4 Å². The van der Waals surface area contributed by atoms with E-state index in [0.29, 0.717) is 6.04 Å². The standard InChI is InChI=1S/C14H17N3O2S/c1-10(9-11-5-4-8-20-11)17(2)13-7-6-12(15-16-13)14(18)19-3/h4-8,10H,9H2,1-3H3. The Morgan fingerprint density at radius 2 is 2.20 bits per heavy atom. The predicted molar refractivity (Wildman–Crippen MR) is 79.3 cm³/mol. The normalized spacial score (nSPS) is 11.9. The van der Waals surface area contributed by atoms with Crippen LogP contribution in [0.25, 0.3) is 0 Å². The molecule has 0 radical (unpaired) electrons. The lowest BCUT2D eigenvalue weighted by atomic mass is 10.2. The number of hydrogen-bond acceptors (Lipinski definition) is 6. The van der Waals surface area contributed by atoms with E-state index in [2.05, 4.69) is 39.4 Å². The summed E-state index contributed by atoms with van der Waals surface area (Å²) in [6, 6.07) is 7.89. The molecule has 1 atom stereocenters. The number of methoxy groups -OCH3 is 1. The fourth-order valence-corrected chi connectivity index (χ4v) is 2.64. The molecule has 2 rings (SSSR count). The van der Waals surface area contributed by atoms with Crippen molar-refractivity contribution in [1.29, 1.82) is 0 Å². The molecule has 5 nitrogen and oxygen atoms in total. The van der Waals surface area contributed by atoms with Crippen LogP contribution in [0.4, 0.5) is 5.82 Å². The fourth-order valence-electron chi connectivity index (χ4n) is 1.81. The summed E-state index contributed by atoms with van der Waals surface area (Å²) in [6.45, 7) is 2.13. The minimum absolute atomic E-state index is 0.218. The molecule has 0 amide bonds. The third kappa shape index (κ3) is 3.33. The first-order chi connectivity index (χ1) is 9.61. The van der Waals surface area contributed by atoms with Crippen LogP contribution in [0.2, 0.25) is 0 Å². The van der Waals surface area contributed by atoms with Gasteiger partial charge in [0.2, 0.25) is 0 Å². The summed E-state index contributed by atoms with van der Waals surface area (Å²) in [4.78, 5) is 14.7. The zero-order chi connectivity index (χ0) is 14.5. The molecule has 0 aliphatic heterocycles. The number of ether oxygens (including phenoxy) is 1. The molecule has 2 heterocycles. The molecule has 0 saturated heterocycles. The van der Waals surface area contributed by atoms with Gasteiger partial charge < -0.3 is 9.64 Å². The van der Waals surface area contributed by atoms with E-state index in [0.717, 1.165) is 12.2 Å². The lowest BCUT2D eigenvalue weighted by Crippen LogP contribution is -2.31. The molecule has 1 unspecified atom stereocenters. The first-order valence-electron chi connectivity index (χ1n) is 6.29. The Hall–Kier alpha value is -1.95. The molecule has 0 bridgehead atoms. The van der Waals surface area contributed by atoms with Gasteiger partial charge in [0.15, 0.2) is 11.5 Å². The molecule has 0 fully saturated rings. The number of esters is 1. The molecule has 0 aromatic carbocycles. The Bertz CT molecular complexity index is 554. The quantitative estimate of drug-likeness (QED) is 0.792. The Labute approximate surface area is 122 Å². The van der Waals surface area contributed by atoms with Crippen molar-refractivity contribution in [3.05, 3.63) is 40.2 Å². The second-order valence-electron chi connectivity index (χ2n) is 4.51. The second kappa shape index (κ2) is 6.47. The van der Waals surface area contributed by atoms with Gasteiger partial charge in [0.25, 0.3) is 0 Å². The fraction of sp³-hybridized carbons (Fsp3) is 0.357. The summed E-state index contributed by atoms with van der Waals surface area (Å²) < 4.78 is 4.60. The maximum Gasteiger partial charge on any atom is 0.358 e. The smallest absolute Gasteiger partial charge is 0.358 e. The molecule has 0 aliphatic carbocycles. The topological polar surface area (TPSA) is 55.3 Å². The van der Waals surface area contributed by atoms with Crippen LogP contribution in [-0.2, 0) is 11.2 Å². The van der Waals surface area contributed by atoms with E-state index >= 15 is 0 Å². The van der Waals surface area contributed by atoms with Gasteiger partial charge in [-0.25, -0.2) is 4.79 Å². The number of nitrogens with zero attached hydrogens (tertiary/aromatic N) is 3. The molecule has 0 aliphatic rings. The highest BCUT2D eigenvalue weighted by Gasteiger charge is 2.14. The second-order valence-corrected chi connectivity index (χ2v) is 5.54. The van der Waals surface area contributed by atoms with Gasteiger partial charge in [0.05, 0.1) is 7.11 Å². The first-order valence-corrected chi connectivity index (χ1v) is 7.17. The molecular weight excluding hydrogens is 274 g/mol. The van der Waals surface area contributed by atoms with Gasteiger partial charge in [-0.2, -0.15) is 0 Å². The molecular formula is C14H17N3O2S. The van der Waals surface area contributed by atoms with Gasteiger partial charge in [-0.3, -0.25) is 0 Å². The predicted octanol–water partition coefficient (Wildman–Crippen LogP) is 2.39. The minimum atomic E-state index is -0.474.